The van der Waals surface area contributed by atoms with Gasteiger partial charge in [-0.3, -0.25) is 4.79 Å². The molecule has 6 nitrogen and oxygen atoms in total. The standard InChI is InChI=1S/C23H22N4O2/c1-3-25-23(28)18(15-24)13-19-16-27(20-10-6-5-7-11-20)26-22(19)17-9-8-12-21(14-17)29-4-2/h5-14,16H,3-4H2,1-2H3,(H,25,28). The third-order valence-corrected chi connectivity index (χ3v) is 4.18. The van der Waals surface area contributed by atoms with Crippen LogP contribution in [0.1, 0.15) is 19.4 Å². The molecule has 29 heavy (non-hydrogen) atoms. The second-order valence-electron chi connectivity index (χ2n) is 6.20. The summed E-state index contributed by atoms with van der Waals surface area (Å²) < 4.78 is 7.34. The molecule has 0 spiro atoms. The van der Waals surface area contributed by atoms with E-state index in [4.69, 9.17) is 9.84 Å². The number of nitriles is 1. The normalized spacial score (nSPS) is 11.0. The molecule has 0 atom stereocenters. The van der Waals surface area contributed by atoms with Crippen LogP contribution in [0, 0.1) is 11.3 Å². The Morgan fingerprint density at radius 1 is 1.21 bits per heavy atom. The molecule has 6 heteroatoms. The number of likely N-dealkylation sites (N-methyl/N-ethyl adjacent to an activating group) is 1. The van der Waals surface area contributed by atoms with Gasteiger partial charge < -0.3 is 10.1 Å². The molecule has 0 bridgehead atoms. The number of para-hydroxylation sites is 1. The van der Waals surface area contributed by atoms with Gasteiger partial charge in [-0.15, -0.1) is 0 Å². The van der Waals surface area contributed by atoms with Crippen molar-refractivity contribution < 1.29 is 9.53 Å². The van der Waals surface area contributed by atoms with Crippen LogP contribution >= 0.6 is 0 Å². The number of rotatable bonds is 7. The quantitative estimate of drug-likeness (QED) is 0.492. The maximum absolute atomic E-state index is 12.2. The summed E-state index contributed by atoms with van der Waals surface area (Å²) >= 11 is 0. The van der Waals surface area contributed by atoms with E-state index in [1.807, 2.05) is 80.7 Å². The number of carbonyl (C=O) groups excluding carboxylic acids is 1. The lowest BCUT2D eigenvalue weighted by atomic mass is 10.1. The highest BCUT2D eigenvalue weighted by molar-refractivity contribution is 6.02. The van der Waals surface area contributed by atoms with Gasteiger partial charge >= 0.3 is 0 Å². The van der Waals surface area contributed by atoms with E-state index in [1.165, 1.54) is 0 Å². The van der Waals surface area contributed by atoms with Gasteiger partial charge in [0.15, 0.2) is 0 Å². The van der Waals surface area contributed by atoms with E-state index in [0.29, 0.717) is 24.4 Å². The lowest BCUT2D eigenvalue weighted by Crippen LogP contribution is -2.23. The largest absolute Gasteiger partial charge is 0.494 e. The number of nitrogens with zero attached hydrogens (tertiary/aromatic N) is 3. The molecule has 0 radical (unpaired) electrons. The van der Waals surface area contributed by atoms with Gasteiger partial charge in [-0.25, -0.2) is 4.68 Å². The van der Waals surface area contributed by atoms with Crippen LogP contribution in [-0.4, -0.2) is 28.8 Å². The highest BCUT2D eigenvalue weighted by Crippen LogP contribution is 2.28. The molecular weight excluding hydrogens is 364 g/mol. The molecule has 0 aliphatic carbocycles. The van der Waals surface area contributed by atoms with Crippen LogP contribution in [0.25, 0.3) is 23.0 Å². The van der Waals surface area contributed by atoms with E-state index in [9.17, 15) is 10.1 Å². The number of hydrogen-bond donors (Lipinski definition) is 1. The zero-order chi connectivity index (χ0) is 20.6. The van der Waals surface area contributed by atoms with Crippen molar-refractivity contribution in [2.75, 3.05) is 13.2 Å². The third-order valence-electron chi connectivity index (χ3n) is 4.18. The lowest BCUT2D eigenvalue weighted by molar-refractivity contribution is -0.116. The predicted octanol–water partition coefficient (Wildman–Crippen LogP) is 3.98. The summed E-state index contributed by atoms with van der Waals surface area (Å²) in [6, 6.07) is 19.3. The number of benzene rings is 2. The van der Waals surface area contributed by atoms with Gasteiger partial charge in [0.1, 0.15) is 23.1 Å². The first kappa shape index (κ1) is 19.9. The second kappa shape index (κ2) is 9.38. The van der Waals surface area contributed by atoms with Gasteiger partial charge in [-0.1, -0.05) is 30.3 Å². The molecule has 0 aliphatic rings. The average Bonchev–Trinajstić information content (AvgIpc) is 3.17. The van der Waals surface area contributed by atoms with E-state index in [0.717, 1.165) is 17.0 Å². The van der Waals surface area contributed by atoms with Crippen LogP contribution in [0.4, 0.5) is 0 Å². The summed E-state index contributed by atoms with van der Waals surface area (Å²) in [4.78, 5) is 12.2. The van der Waals surface area contributed by atoms with Gasteiger partial charge in [-0.05, 0) is 44.2 Å². The topological polar surface area (TPSA) is 79.9 Å². The average molecular weight is 386 g/mol. The van der Waals surface area contributed by atoms with Crippen LogP contribution < -0.4 is 10.1 Å². The Morgan fingerprint density at radius 3 is 2.69 bits per heavy atom. The van der Waals surface area contributed by atoms with Crippen molar-refractivity contribution in [3.05, 3.63) is 71.9 Å². The predicted molar refractivity (Wildman–Crippen MR) is 112 cm³/mol. The Morgan fingerprint density at radius 2 is 2.00 bits per heavy atom. The maximum Gasteiger partial charge on any atom is 0.261 e. The van der Waals surface area contributed by atoms with Crippen molar-refractivity contribution in [1.29, 1.82) is 5.26 Å². The molecule has 2 aromatic carbocycles. The third kappa shape index (κ3) is 4.71. The van der Waals surface area contributed by atoms with Crippen LogP contribution in [0.5, 0.6) is 5.75 Å². The molecule has 0 saturated heterocycles. The summed E-state index contributed by atoms with van der Waals surface area (Å²) in [5, 5.41) is 16.8. The van der Waals surface area contributed by atoms with Gasteiger partial charge in [0, 0.05) is 23.9 Å². The van der Waals surface area contributed by atoms with Gasteiger partial charge in [-0.2, -0.15) is 10.4 Å². The van der Waals surface area contributed by atoms with Crippen molar-refractivity contribution in [3.8, 4) is 28.8 Å². The summed E-state index contributed by atoms with van der Waals surface area (Å²) in [6.45, 7) is 4.75. The molecule has 0 unspecified atom stereocenters. The Bertz CT molecular complexity index is 1060. The SMILES string of the molecule is CCNC(=O)C(C#N)=Cc1cn(-c2ccccc2)nc1-c1cccc(OCC)c1. The number of ether oxygens (including phenoxy) is 1. The molecule has 0 aliphatic heterocycles. The first-order chi connectivity index (χ1) is 14.2. The molecule has 1 aromatic heterocycles. The summed E-state index contributed by atoms with van der Waals surface area (Å²) in [5.74, 6) is 0.329. The Labute approximate surface area is 170 Å². The number of carbonyl (C=O) groups is 1. The number of amides is 1. The van der Waals surface area contributed by atoms with Crippen molar-refractivity contribution in [2.24, 2.45) is 0 Å². The Balaban J connectivity index is 2.13. The fourth-order valence-electron chi connectivity index (χ4n) is 2.89. The van der Waals surface area contributed by atoms with Crippen LogP contribution in [0.15, 0.2) is 66.4 Å². The zero-order valence-corrected chi connectivity index (χ0v) is 16.4. The van der Waals surface area contributed by atoms with Crippen LogP contribution in [0.2, 0.25) is 0 Å². The smallest absolute Gasteiger partial charge is 0.261 e. The molecule has 1 heterocycles. The number of nitrogens with one attached hydrogen (secondary N) is 1. The van der Waals surface area contributed by atoms with Crippen molar-refractivity contribution in [3.63, 3.8) is 0 Å². The first-order valence-corrected chi connectivity index (χ1v) is 9.44. The first-order valence-electron chi connectivity index (χ1n) is 9.44. The molecule has 3 aromatic rings. The molecule has 3 rings (SSSR count). The minimum Gasteiger partial charge on any atom is -0.494 e. The summed E-state index contributed by atoms with van der Waals surface area (Å²) in [7, 11) is 0. The highest BCUT2D eigenvalue weighted by atomic mass is 16.5. The molecule has 146 valence electrons. The molecule has 1 N–H and O–H groups in total. The van der Waals surface area contributed by atoms with E-state index in [1.54, 1.807) is 10.8 Å². The molecule has 1 amide bonds. The fourth-order valence-corrected chi connectivity index (χ4v) is 2.89. The fraction of sp³-hybridized carbons (Fsp3) is 0.174. The lowest BCUT2D eigenvalue weighted by Gasteiger charge is -2.05. The van der Waals surface area contributed by atoms with Crippen molar-refractivity contribution in [2.45, 2.75) is 13.8 Å². The molecular formula is C23H22N4O2. The van der Waals surface area contributed by atoms with Gasteiger partial charge in [0.2, 0.25) is 0 Å². The number of hydrogen-bond acceptors (Lipinski definition) is 4. The highest BCUT2D eigenvalue weighted by Gasteiger charge is 2.15. The summed E-state index contributed by atoms with van der Waals surface area (Å²) in [6.07, 6.45) is 3.38. The van der Waals surface area contributed by atoms with Crippen LogP contribution in [-0.2, 0) is 4.79 Å². The second-order valence-corrected chi connectivity index (χ2v) is 6.20. The zero-order valence-electron chi connectivity index (χ0n) is 16.4. The monoisotopic (exact) mass is 386 g/mol. The van der Waals surface area contributed by atoms with Gasteiger partial charge in [0.25, 0.3) is 5.91 Å². The molecule has 0 saturated carbocycles. The minimum absolute atomic E-state index is 0.0293. The Hall–Kier alpha value is -3.85. The van der Waals surface area contributed by atoms with Gasteiger partial charge in [0.05, 0.1) is 12.3 Å². The molecule has 0 fully saturated rings. The maximum atomic E-state index is 12.2. The van der Waals surface area contributed by atoms with E-state index in [2.05, 4.69) is 5.32 Å². The van der Waals surface area contributed by atoms with E-state index >= 15 is 0 Å². The summed E-state index contributed by atoms with van der Waals surface area (Å²) in [5.41, 5.74) is 3.08. The Kier molecular flexibility index (Phi) is 6.43. The van der Waals surface area contributed by atoms with E-state index in [-0.39, 0.29) is 5.57 Å². The van der Waals surface area contributed by atoms with E-state index < -0.39 is 5.91 Å². The minimum atomic E-state index is -0.406. The van der Waals surface area contributed by atoms with Crippen LogP contribution in [0.3, 0.4) is 0 Å². The van der Waals surface area contributed by atoms with Crippen molar-refractivity contribution in [1.82, 2.24) is 15.1 Å². The number of aromatic nitrogens is 2. The van der Waals surface area contributed by atoms with Crippen molar-refractivity contribution >= 4 is 12.0 Å².